The van der Waals surface area contributed by atoms with Gasteiger partial charge in [0.15, 0.2) is 0 Å². The van der Waals surface area contributed by atoms with E-state index in [0.29, 0.717) is 18.5 Å². The number of carbonyl (C=O) groups is 1. The first-order valence-electron chi connectivity index (χ1n) is 6.17. The molecule has 1 aliphatic carbocycles. The van der Waals surface area contributed by atoms with Crippen LogP contribution >= 0.6 is 0 Å². The Morgan fingerprint density at radius 3 is 2.53 bits per heavy atom. The molecule has 1 aromatic rings. The minimum absolute atomic E-state index is 0.131. The molecular weight excluding hydrogens is 212 g/mol. The van der Waals surface area contributed by atoms with Crippen LogP contribution in [0.15, 0.2) is 30.3 Å². The fourth-order valence-electron chi connectivity index (χ4n) is 2.00. The summed E-state index contributed by atoms with van der Waals surface area (Å²) in [4.78, 5) is 13.2. The van der Waals surface area contributed by atoms with Crippen molar-refractivity contribution in [2.24, 2.45) is 5.92 Å². The van der Waals surface area contributed by atoms with E-state index in [9.17, 15) is 4.79 Å². The lowest BCUT2D eigenvalue weighted by Gasteiger charge is -2.20. The molecule has 0 bridgehead atoms. The van der Waals surface area contributed by atoms with Crippen LogP contribution in [0, 0.1) is 5.92 Å². The number of nitrogens with one attached hydrogen (secondary N) is 1. The Labute approximate surface area is 103 Å². The van der Waals surface area contributed by atoms with Crippen molar-refractivity contribution in [2.75, 3.05) is 20.6 Å². The molecule has 2 rings (SSSR count). The van der Waals surface area contributed by atoms with E-state index < -0.39 is 0 Å². The van der Waals surface area contributed by atoms with E-state index in [1.165, 1.54) is 18.4 Å². The van der Waals surface area contributed by atoms with Crippen LogP contribution in [-0.2, 0) is 4.79 Å². The smallest absolute Gasteiger partial charge is 0.236 e. The molecule has 0 spiro atoms. The molecule has 1 aromatic carbocycles. The average molecular weight is 232 g/mol. The Bertz CT molecular complexity index is 371. The van der Waals surface area contributed by atoms with Crippen LogP contribution < -0.4 is 5.32 Å². The minimum atomic E-state index is 0.131. The third-order valence-corrected chi connectivity index (χ3v) is 3.22. The van der Waals surface area contributed by atoms with Crippen LogP contribution in [0.4, 0.5) is 0 Å². The number of rotatable bonds is 5. The van der Waals surface area contributed by atoms with E-state index in [-0.39, 0.29) is 5.91 Å². The first kappa shape index (κ1) is 12.1. The van der Waals surface area contributed by atoms with E-state index >= 15 is 0 Å². The highest BCUT2D eigenvalue weighted by Gasteiger charge is 2.32. The molecule has 1 amide bonds. The molecule has 92 valence electrons. The largest absolute Gasteiger partial charge is 0.348 e. The Balaban J connectivity index is 1.97. The Hall–Kier alpha value is -1.35. The molecule has 0 saturated heterocycles. The number of likely N-dealkylation sites (N-methyl/N-ethyl adjacent to an activating group) is 1. The van der Waals surface area contributed by atoms with Gasteiger partial charge in [-0.15, -0.1) is 0 Å². The topological polar surface area (TPSA) is 32.3 Å². The molecule has 1 aliphatic rings. The lowest BCUT2D eigenvalue weighted by Crippen LogP contribution is -2.35. The number of carbonyl (C=O) groups excluding carboxylic acids is 1. The third kappa shape index (κ3) is 3.30. The second-order valence-electron chi connectivity index (χ2n) is 4.89. The second-order valence-corrected chi connectivity index (χ2v) is 4.89. The maximum Gasteiger partial charge on any atom is 0.236 e. The van der Waals surface area contributed by atoms with Gasteiger partial charge in [-0.1, -0.05) is 30.3 Å². The number of benzene rings is 1. The minimum Gasteiger partial charge on any atom is -0.348 e. The highest BCUT2D eigenvalue weighted by molar-refractivity contribution is 5.77. The lowest BCUT2D eigenvalue weighted by molar-refractivity contribution is -0.127. The standard InChI is InChI=1S/C14H20N2O/c1-16(2)13(17)10-15-14(12-8-9-12)11-6-4-3-5-7-11/h3-7,12,14-15H,8-10H2,1-2H3. The first-order chi connectivity index (χ1) is 8.18. The highest BCUT2D eigenvalue weighted by atomic mass is 16.2. The molecule has 0 aliphatic heterocycles. The molecule has 1 fully saturated rings. The average Bonchev–Trinajstić information content (AvgIpc) is 3.15. The van der Waals surface area contributed by atoms with Crippen LogP contribution in [0.3, 0.4) is 0 Å². The zero-order valence-electron chi connectivity index (χ0n) is 10.5. The summed E-state index contributed by atoms with van der Waals surface area (Å²) in [6.45, 7) is 0.420. The fraction of sp³-hybridized carbons (Fsp3) is 0.500. The predicted molar refractivity (Wildman–Crippen MR) is 68.6 cm³/mol. The molecule has 0 radical (unpaired) electrons. The van der Waals surface area contributed by atoms with Crippen molar-refractivity contribution in [3.63, 3.8) is 0 Å². The Morgan fingerprint density at radius 2 is 2.00 bits per heavy atom. The molecular formula is C14H20N2O. The summed E-state index contributed by atoms with van der Waals surface area (Å²) < 4.78 is 0. The first-order valence-corrected chi connectivity index (χ1v) is 6.17. The van der Waals surface area contributed by atoms with E-state index in [2.05, 4.69) is 29.6 Å². The van der Waals surface area contributed by atoms with Crippen molar-refractivity contribution >= 4 is 5.91 Å². The highest BCUT2D eigenvalue weighted by Crippen LogP contribution is 2.40. The van der Waals surface area contributed by atoms with E-state index in [0.717, 1.165) is 0 Å². The quantitative estimate of drug-likeness (QED) is 0.840. The van der Waals surface area contributed by atoms with Gasteiger partial charge in [0.25, 0.3) is 0 Å². The van der Waals surface area contributed by atoms with Crippen molar-refractivity contribution in [2.45, 2.75) is 18.9 Å². The summed E-state index contributed by atoms with van der Waals surface area (Å²) in [6, 6.07) is 10.7. The molecule has 1 saturated carbocycles. The van der Waals surface area contributed by atoms with Gasteiger partial charge in [0.05, 0.1) is 6.54 Å². The van der Waals surface area contributed by atoms with Crippen molar-refractivity contribution in [3.05, 3.63) is 35.9 Å². The summed E-state index contributed by atoms with van der Waals surface area (Å²) in [7, 11) is 3.58. The fourth-order valence-corrected chi connectivity index (χ4v) is 2.00. The van der Waals surface area contributed by atoms with Gasteiger partial charge in [-0.05, 0) is 24.3 Å². The van der Waals surface area contributed by atoms with Crippen molar-refractivity contribution < 1.29 is 4.79 Å². The normalized spacial score (nSPS) is 16.6. The monoisotopic (exact) mass is 232 g/mol. The molecule has 3 nitrogen and oxygen atoms in total. The van der Waals surface area contributed by atoms with Crippen LogP contribution in [-0.4, -0.2) is 31.4 Å². The van der Waals surface area contributed by atoms with Crippen molar-refractivity contribution in [1.82, 2.24) is 10.2 Å². The predicted octanol–water partition coefficient (Wildman–Crippen LogP) is 1.82. The summed E-state index contributed by atoms with van der Waals surface area (Å²) in [6.07, 6.45) is 2.53. The molecule has 17 heavy (non-hydrogen) atoms. The van der Waals surface area contributed by atoms with E-state index in [1.807, 2.05) is 6.07 Å². The maximum absolute atomic E-state index is 11.6. The van der Waals surface area contributed by atoms with E-state index in [1.54, 1.807) is 19.0 Å². The Kier molecular flexibility index (Phi) is 3.79. The zero-order valence-corrected chi connectivity index (χ0v) is 10.5. The zero-order chi connectivity index (χ0) is 12.3. The van der Waals surface area contributed by atoms with Gasteiger partial charge in [0.2, 0.25) is 5.91 Å². The molecule has 0 aromatic heterocycles. The van der Waals surface area contributed by atoms with Crippen molar-refractivity contribution in [1.29, 1.82) is 0 Å². The molecule has 0 heterocycles. The van der Waals surface area contributed by atoms with Crippen LogP contribution in [0.2, 0.25) is 0 Å². The third-order valence-electron chi connectivity index (χ3n) is 3.22. The molecule has 3 heteroatoms. The van der Waals surface area contributed by atoms with E-state index in [4.69, 9.17) is 0 Å². The van der Waals surface area contributed by atoms with Gasteiger partial charge in [-0.3, -0.25) is 4.79 Å². The lowest BCUT2D eigenvalue weighted by atomic mass is 10.0. The van der Waals surface area contributed by atoms with Gasteiger partial charge in [0.1, 0.15) is 0 Å². The van der Waals surface area contributed by atoms with Crippen LogP contribution in [0.1, 0.15) is 24.4 Å². The summed E-state index contributed by atoms with van der Waals surface area (Å²) in [5, 5.41) is 3.39. The second kappa shape index (κ2) is 5.32. The maximum atomic E-state index is 11.6. The summed E-state index contributed by atoms with van der Waals surface area (Å²) >= 11 is 0. The van der Waals surface area contributed by atoms with Gasteiger partial charge in [-0.25, -0.2) is 0 Å². The van der Waals surface area contributed by atoms with Gasteiger partial charge in [-0.2, -0.15) is 0 Å². The summed E-state index contributed by atoms with van der Waals surface area (Å²) in [5.74, 6) is 0.832. The van der Waals surface area contributed by atoms with Crippen LogP contribution in [0.25, 0.3) is 0 Å². The van der Waals surface area contributed by atoms with Gasteiger partial charge in [0, 0.05) is 20.1 Å². The SMILES string of the molecule is CN(C)C(=O)CNC(c1ccccc1)C1CC1. The van der Waals surface area contributed by atoms with Crippen molar-refractivity contribution in [3.8, 4) is 0 Å². The number of nitrogens with zero attached hydrogens (tertiary/aromatic N) is 1. The Morgan fingerprint density at radius 1 is 1.35 bits per heavy atom. The van der Waals surface area contributed by atoms with Gasteiger partial charge >= 0.3 is 0 Å². The number of amides is 1. The number of hydrogen-bond donors (Lipinski definition) is 1. The summed E-state index contributed by atoms with van der Waals surface area (Å²) in [5.41, 5.74) is 1.29. The number of hydrogen-bond acceptors (Lipinski definition) is 2. The van der Waals surface area contributed by atoms with Crippen LogP contribution in [0.5, 0.6) is 0 Å². The molecule has 1 N–H and O–H groups in total. The molecule has 1 unspecified atom stereocenters. The molecule has 1 atom stereocenters. The van der Waals surface area contributed by atoms with Gasteiger partial charge < -0.3 is 10.2 Å².